The van der Waals surface area contributed by atoms with E-state index in [0.29, 0.717) is 11.8 Å². The molecule has 0 saturated heterocycles. The molecule has 1 aromatic heterocycles. The maximum Gasteiger partial charge on any atom is 0.335 e. The molecule has 2 aromatic rings. The Morgan fingerprint density at radius 1 is 1.24 bits per heavy atom. The predicted octanol–water partition coefficient (Wildman–Crippen LogP) is 2.56. The van der Waals surface area contributed by atoms with Crippen molar-refractivity contribution in [3.63, 3.8) is 0 Å². The van der Waals surface area contributed by atoms with Gasteiger partial charge in [-0.25, -0.2) is 4.79 Å². The standard InChI is InChI=1S/C12H12N2O3/c1-7(2)10-13-14-11(17-10)8-3-5-9(6-4-8)12(15)16/h3-7H,1-2H3,(H,15,16). The average molecular weight is 232 g/mol. The van der Waals surface area contributed by atoms with E-state index in [9.17, 15) is 4.79 Å². The fourth-order valence-corrected chi connectivity index (χ4v) is 1.34. The van der Waals surface area contributed by atoms with Crippen molar-refractivity contribution < 1.29 is 14.3 Å². The molecule has 0 aliphatic rings. The predicted molar refractivity (Wildman–Crippen MR) is 60.8 cm³/mol. The number of hydrogen-bond donors (Lipinski definition) is 1. The van der Waals surface area contributed by atoms with E-state index in [-0.39, 0.29) is 11.5 Å². The van der Waals surface area contributed by atoms with Crippen molar-refractivity contribution in [1.82, 2.24) is 10.2 Å². The third-order valence-electron chi connectivity index (χ3n) is 2.31. The lowest BCUT2D eigenvalue weighted by molar-refractivity contribution is 0.0697. The molecule has 0 unspecified atom stereocenters. The van der Waals surface area contributed by atoms with E-state index in [1.807, 2.05) is 13.8 Å². The number of carboxylic acids is 1. The third kappa shape index (κ3) is 2.33. The van der Waals surface area contributed by atoms with Crippen LogP contribution < -0.4 is 0 Å². The van der Waals surface area contributed by atoms with Crippen LogP contribution in [-0.2, 0) is 0 Å². The van der Waals surface area contributed by atoms with Crippen molar-refractivity contribution in [1.29, 1.82) is 0 Å². The fourth-order valence-electron chi connectivity index (χ4n) is 1.34. The van der Waals surface area contributed by atoms with Crippen LogP contribution in [0.5, 0.6) is 0 Å². The molecule has 0 radical (unpaired) electrons. The van der Waals surface area contributed by atoms with Crippen molar-refractivity contribution in [2.24, 2.45) is 0 Å². The first-order valence-corrected chi connectivity index (χ1v) is 5.25. The zero-order valence-electron chi connectivity index (χ0n) is 9.54. The smallest absolute Gasteiger partial charge is 0.335 e. The SMILES string of the molecule is CC(C)c1nnc(-c2ccc(C(=O)O)cc2)o1. The van der Waals surface area contributed by atoms with E-state index < -0.39 is 5.97 Å². The Morgan fingerprint density at radius 2 is 1.88 bits per heavy atom. The van der Waals surface area contributed by atoms with Crippen molar-refractivity contribution in [2.75, 3.05) is 0 Å². The van der Waals surface area contributed by atoms with E-state index >= 15 is 0 Å². The Morgan fingerprint density at radius 3 is 2.35 bits per heavy atom. The van der Waals surface area contributed by atoms with E-state index in [2.05, 4.69) is 10.2 Å². The first kappa shape index (κ1) is 11.3. The van der Waals surface area contributed by atoms with Crippen LogP contribution in [0.2, 0.25) is 0 Å². The number of aromatic nitrogens is 2. The first-order valence-electron chi connectivity index (χ1n) is 5.25. The van der Waals surface area contributed by atoms with Crippen LogP contribution in [0.3, 0.4) is 0 Å². The Balaban J connectivity index is 2.30. The number of benzene rings is 1. The number of carboxylic acid groups (broad SMARTS) is 1. The van der Waals surface area contributed by atoms with Gasteiger partial charge in [-0.1, -0.05) is 13.8 Å². The summed E-state index contributed by atoms with van der Waals surface area (Å²) in [6.07, 6.45) is 0. The summed E-state index contributed by atoms with van der Waals surface area (Å²) in [5.41, 5.74) is 0.951. The Kier molecular flexibility index (Phi) is 2.91. The lowest BCUT2D eigenvalue weighted by Gasteiger charge is -1.97. The molecule has 5 heteroatoms. The van der Waals surface area contributed by atoms with E-state index in [0.717, 1.165) is 5.56 Å². The van der Waals surface area contributed by atoms with Crippen molar-refractivity contribution >= 4 is 5.97 Å². The van der Waals surface area contributed by atoms with Crippen LogP contribution in [0, 0.1) is 0 Å². The average Bonchev–Trinajstić information content (AvgIpc) is 2.78. The van der Waals surface area contributed by atoms with Gasteiger partial charge < -0.3 is 9.52 Å². The van der Waals surface area contributed by atoms with Gasteiger partial charge >= 0.3 is 5.97 Å². The zero-order valence-corrected chi connectivity index (χ0v) is 9.54. The zero-order chi connectivity index (χ0) is 12.4. The summed E-state index contributed by atoms with van der Waals surface area (Å²) in [4.78, 5) is 10.7. The van der Waals surface area contributed by atoms with Crippen LogP contribution in [-0.4, -0.2) is 21.3 Å². The molecular weight excluding hydrogens is 220 g/mol. The number of aromatic carboxylic acids is 1. The minimum absolute atomic E-state index is 0.176. The topological polar surface area (TPSA) is 76.2 Å². The summed E-state index contributed by atoms with van der Waals surface area (Å²) >= 11 is 0. The van der Waals surface area contributed by atoms with Crippen LogP contribution in [0.1, 0.15) is 36.0 Å². The third-order valence-corrected chi connectivity index (χ3v) is 2.31. The normalized spacial score (nSPS) is 10.8. The molecular formula is C12H12N2O3. The number of nitrogens with zero attached hydrogens (tertiary/aromatic N) is 2. The summed E-state index contributed by atoms with van der Waals surface area (Å²) in [6.45, 7) is 3.93. The van der Waals surface area contributed by atoms with E-state index in [1.54, 1.807) is 12.1 Å². The second-order valence-corrected chi connectivity index (χ2v) is 3.98. The molecule has 17 heavy (non-hydrogen) atoms. The number of hydrogen-bond acceptors (Lipinski definition) is 4. The molecule has 0 saturated carbocycles. The van der Waals surface area contributed by atoms with Crippen LogP contribution in [0.4, 0.5) is 0 Å². The summed E-state index contributed by atoms with van der Waals surface area (Å²) in [6, 6.07) is 6.33. The van der Waals surface area contributed by atoms with Gasteiger partial charge in [0.2, 0.25) is 11.8 Å². The highest BCUT2D eigenvalue weighted by atomic mass is 16.4. The quantitative estimate of drug-likeness (QED) is 0.880. The molecule has 1 N–H and O–H groups in total. The molecule has 0 fully saturated rings. The summed E-state index contributed by atoms with van der Waals surface area (Å²) in [5, 5.41) is 16.6. The monoisotopic (exact) mass is 232 g/mol. The molecule has 2 rings (SSSR count). The molecule has 0 amide bonds. The number of carbonyl (C=O) groups is 1. The lowest BCUT2D eigenvalue weighted by Crippen LogP contribution is -1.94. The minimum Gasteiger partial charge on any atom is -0.478 e. The van der Waals surface area contributed by atoms with Crippen molar-refractivity contribution in [3.8, 4) is 11.5 Å². The van der Waals surface area contributed by atoms with Gasteiger partial charge in [0.15, 0.2) is 0 Å². The van der Waals surface area contributed by atoms with Gasteiger partial charge in [-0.3, -0.25) is 0 Å². The molecule has 1 aromatic carbocycles. The highest BCUT2D eigenvalue weighted by Crippen LogP contribution is 2.21. The van der Waals surface area contributed by atoms with Gasteiger partial charge in [-0.05, 0) is 24.3 Å². The molecule has 0 spiro atoms. The highest BCUT2D eigenvalue weighted by Gasteiger charge is 2.11. The van der Waals surface area contributed by atoms with Gasteiger partial charge in [0.25, 0.3) is 0 Å². The van der Waals surface area contributed by atoms with Crippen LogP contribution >= 0.6 is 0 Å². The molecule has 0 atom stereocenters. The molecule has 5 nitrogen and oxygen atoms in total. The second kappa shape index (κ2) is 4.37. The molecule has 88 valence electrons. The van der Waals surface area contributed by atoms with Gasteiger partial charge in [-0.15, -0.1) is 10.2 Å². The molecule has 0 aliphatic carbocycles. The minimum atomic E-state index is -0.954. The van der Waals surface area contributed by atoms with Gasteiger partial charge in [-0.2, -0.15) is 0 Å². The molecule has 0 bridgehead atoms. The Hall–Kier alpha value is -2.17. The van der Waals surface area contributed by atoms with Crippen LogP contribution in [0.15, 0.2) is 28.7 Å². The second-order valence-electron chi connectivity index (χ2n) is 3.98. The van der Waals surface area contributed by atoms with Crippen molar-refractivity contribution in [2.45, 2.75) is 19.8 Å². The van der Waals surface area contributed by atoms with Crippen molar-refractivity contribution in [3.05, 3.63) is 35.7 Å². The lowest BCUT2D eigenvalue weighted by atomic mass is 10.1. The van der Waals surface area contributed by atoms with Gasteiger partial charge in [0, 0.05) is 11.5 Å². The first-order chi connectivity index (χ1) is 8.08. The molecule has 0 aliphatic heterocycles. The van der Waals surface area contributed by atoms with E-state index in [1.165, 1.54) is 12.1 Å². The molecule has 1 heterocycles. The maximum atomic E-state index is 10.7. The summed E-state index contributed by atoms with van der Waals surface area (Å²) in [5.74, 6) is 0.201. The Labute approximate surface area is 98.1 Å². The Bertz CT molecular complexity index is 529. The van der Waals surface area contributed by atoms with E-state index in [4.69, 9.17) is 9.52 Å². The summed E-state index contributed by atoms with van der Waals surface area (Å²) in [7, 11) is 0. The summed E-state index contributed by atoms with van der Waals surface area (Å²) < 4.78 is 5.46. The highest BCUT2D eigenvalue weighted by molar-refractivity contribution is 5.88. The maximum absolute atomic E-state index is 10.7. The largest absolute Gasteiger partial charge is 0.478 e. The fraction of sp³-hybridized carbons (Fsp3) is 0.250. The number of rotatable bonds is 3. The van der Waals surface area contributed by atoms with Crippen LogP contribution in [0.25, 0.3) is 11.5 Å². The van der Waals surface area contributed by atoms with Gasteiger partial charge in [0.1, 0.15) is 0 Å². The van der Waals surface area contributed by atoms with Gasteiger partial charge in [0.05, 0.1) is 5.56 Å².